The molecule has 9 heteroatoms. The number of nitrogens with one attached hydrogen (secondary N) is 2. The van der Waals surface area contributed by atoms with Crippen molar-refractivity contribution in [3.8, 4) is 0 Å². The van der Waals surface area contributed by atoms with E-state index in [0.29, 0.717) is 18.1 Å². The molecule has 6 nitrogen and oxygen atoms in total. The van der Waals surface area contributed by atoms with Crippen LogP contribution in [0.15, 0.2) is 34.1 Å². The predicted octanol–water partition coefficient (Wildman–Crippen LogP) is 2.49. The molecule has 0 aliphatic carbocycles. The maximum atomic E-state index is 11.9. The summed E-state index contributed by atoms with van der Waals surface area (Å²) in [4.78, 5) is 16.1. The van der Waals surface area contributed by atoms with E-state index in [9.17, 15) is 4.79 Å². The largest absolute Gasteiger partial charge is 0.455 e. The molecule has 0 spiro atoms. The van der Waals surface area contributed by atoms with Gasteiger partial charge in [-0.3, -0.25) is 4.79 Å². The van der Waals surface area contributed by atoms with Crippen molar-refractivity contribution in [1.82, 2.24) is 20.2 Å². The number of aromatic nitrogens is 2. The van der Waals surface area contributed by atoms with Crippen LogP contribution in [0.1, 0.15) is 23.2 Å². The number of hydrogen-bond donors (Lipinski definition) is 2. The molecule has 0 radical (unpaired) electrons. The SMILES string of the molecule is CCNCCNC(=O)c1ccc(CSc2nccn2C)o1.Cl.Cl. The van der Waals surface area contributed by atoms with Gasteiger partial charge in [-0.15, -0.1) is 24.8 Å². The van der Waals surface area contributed by atoms with Gasteiger partial charge in [0.1, 0.15) is 5.76 Å². The van der Waals surface area contributed by atoms with E-state index in [2.05, 4.69) is 15.6 Å². The maximum absolute atomic E-state index is 11.9. The maximum Gasteiger partial charge on any atom is 0.287 e. The lowest BCUT2D eigenvalue weighted by Gasteiger charge is -2.03. The van der Waals surface area contributed by atoms with Crippen LogP contribution in [0, 0.1) is 0 Å². The molecule has 1 amide bonds. The van der Waals surface area contributed by atoms with Crippen molar-refractivity contribution in [3.05, 3.63) is 36.0 Å². The first-order valence-corrected chi connectivity index (χ1v) is 7.87. The van der Waals surface area contributed by atoms with Gasteiger partial charge >= 0.3 is 0 Å². The van der Waals surface area contributed by atoms with Crippen molar-refractivity contribution in [1.29, 1.82) is 0 Å². The van der Waals surface area contributed by atoms with E-state index in [0.717, 1.165) is 24.0 Å². The number of furan rings is 1. The van der Waals surface area contributed by atoms with E-state index in [1.165, 1.54) is 0 Å². The molecule has 0 fully saturated rings. The van der Waals surface area contributed by atoms with Gasteiger partial charge in [0.05, 0.1) is 5.75 Å². The lowest BCUT2D eigenvalue weighted by atomic mass is 10.4. The Labute approximate surface area is 152 Å². The van der Waals surface area contributed by atoms with Crippen LogP contribution in [0.5, 0.6) is 0 Å². The normalized spacial score (nSPS) is 9.83. The highest BCUT2D eigenvalue weighted by Gasteiger charge is 2.11. The van der Waals surface area contributed by atoms with Crippen molar-refractivity contribution >= 4 is 42.5 Å². The summed E-state index contributed by atoms with van der Waals surface area (Å²) >= 11 is 1.57. The number of amides is 1. The average Bonchev–Trinajstić information content (AvgIpc) is 3.10. The number of thioether (sulfide) groups is 1. The second-order valence-corrected chi connectivity index (χ2v) is 5.43. The number of carbonyl (C=O) groups excluding carboxylic acids is 1. The number of carbonyl (C=O) groups is 1. The number of likely N-dealkylation sites (N-methyl/N-ethyl adjacent to an activating group) is 1. The molecule has 0 bridgehead atoms. The zero-order valence-corrected chi connectivity index (χ0v) is 15.5. The van der Waals surface area contributed by atoms with Crippen LogP contribution in [0.4, 0.5) is 0 Å². The lowest BCUT2D eigenvalue weighted by Crippen LogP contribution is -2.31. The van der Waals surface area contributed by atoms with E-state index in [-0.39, 0.29) is 30.7 Å². The molecule has 0 unspecified atom stereocenters. The molecular formula is C14H22Cl2N4O2S. The predicted molar refractivity (Wildman–Crippen MR) is 96.8 cm³/mol. The highest BCUT2D eigenvalue weighted by molar-refractivity contribution is 7.98. The zero-order chi connectivity index (χ0) is 15.1. The number of aryl methyl sites for hydroxylation is 1. The van der Waals surface area contributed by atoms with Crippen LogP contribution in [0.2, 0.25) is 0 Å². The van der Waals surface area contributed by atoms with Gasteiger partial charge in [0.2, 0.25) is 0 Å². The molecule has 2 rings (SSSR count). The van der Waals surface area contributed by atoms with Crippen LogP contribution in [-0.4, -0.2) is 35.1 Å². The number of hydrogen-bond acceptors (Lipinski definition) is 5. The minimum Gasteiger partial charge on any atom is -0.455 e. The summed E-state index contributed by atoms with van der Waals surface area (Å²) in [5.41, 5.74) is 0. The van der Waals surface area contributed by atoms with Gasteiger partial charge in [-0.25, -0.2) is 4.98 Å². The molecule has 2 N–H and O–H groups in total. The van der Waals surface area contributed by atoms with Gasteiger partial charge in [0.15, 0.2) is 10.9 Å². The molecule has 130 valence electrons. The zero-order valence-electron chi connectivity index (χ0n) is 13.1. The van der Waals surface area contributed by atoms with Crippen LogP contribution in [0.25, 0.3) is 0 Å². The van der Waals surface area contributed by atoms with Gasteiger partial charge in [0, 0.05) is 32.5 Å². The fourth-order valence-corrected chi connectivity index (χ4v) is 2.56. The fourth-order valence-electron chi connectivity index (χ4n) is 1.73. The Kier molecular flexibility index (Phi) is 10.8. The van der Waals surface area contributed by atoms with Crippen molar-refractivity contribution in [2.75, 3.05) is 19.6 Å². The first kappa shape index (κ1) is 21.9. The standard InChI is InChI=1S/C14H20N4O2S.2ClH/c1-3-15-6-7-16-13(19)12-5-4-11(20-12)10-21-14-17-8-9-18(14)2;;/h4-5,8-9,15H,3,6-7,10H2,1-2H3,(H,16,19);2*1H. The summed E-state index contributed by atoms with van der Waals surface area (Å²) in [5.74, 6) is 1.58. The highest BCUT2D eigenvalue weighted by atomic mass is 35.5. The van der Waals surface area contributed by atoms with Crippen LogP contribution in [0.3, 0.4) is 0 Å². The third kappa shape index (κ3) is 6.87. The molecule has 0 aliphatic rings. The number of imidazole rings is 1. The Morgan fingerprint density at radius 2 is 2.13 bits per heavy atom. The Hall–Kier alpha value is -1.15. The first-order valence-electron chi connectivity index (χ1n) is 6.88. The molecule has 2 aromatic rings. The molecule has 0 saturated carbocycles. The Morgan fingerprint density at radius 1 is 1.35 bits per heavy atom. The Bertz CT molecular complexity index is 589. The van der Waals surface area contributed by atoms with Gasteiger partial charge in [-0.05, 0) is 18.7 Å². The fraction of sp³-hybridized carbons (Fsp3) is 0.429. The second kappa shape index (κ2) is 11.4. The number of nitrogens with zero attached hydrogens (tertiary/aromatic N) is 2. The van der Waals surface area contributed by atoms with E-state index in [4.69, 9.17) is 4.42 Å². The summed E-state index contributed by atoms with van der Waals surface area (Å²) in [6.07, 6.45) is 3.65. The second-order valence-electron chi connectivity index (χ2n) is 4.48. The number of rotatable bonds is 8. The van der Waals surface area contributed by atoms with Gasteiger partial charge in [0.25, 0.3) is 5.91 Å². The van der Waals surface area contributed by atoms with Gasteiger partial charge < -0.3 is 19.6 Å². The third-order valence-electron chi connectivity index (χ3n) is 2.84. The quantitative estimate of drug-likeness (QED) is 0.543. The minimum absolute atomic E-state index is 0. The molecule has 0 saturated heterocycles. The molecule has 0 aliphatic heterocycles. The van der Waals surface area contributed by atoms with Gasteiger partial charge in [-0.2, -0.15) is 0 Å². The number of halogens is 2. The first-order chi connectivity index (χ1) is 10.2. The summed E-state index contributed by atoms with van der Waals surface area (Å²) in [7, 11) is 1.95. The van der Waals surface area contributed by atoms with Crippen molar-refractivity contribution < 1.29 is 9.21 Å². The molecule has 23 heavy (non-hydrogen) atoms. The summed E-state index contributed by atoms with van der Waals surface area (Å²) in [6, 6.07) is 3.53. The monoisotopic (exact) mass is 380 g/mol. The molecule has 2 heterocycles. The van der Waals surface area contributed by atoms with Gasteiger partial charge in [-0.1, -0.05) is 18.7 Å². The van der Waals surface area contributed by atoms with Crippen LogP contribution >= 0.6 is 36.6 Å². The molecule has 0 atom stereocenters. The van der Waals surface area contributed by atoms with E-state index < -0.39 is 0 Å². The van der Waals surface area contributed by atoms with Crippen molar-refractivity contribution in [3.63, 3.8) is 0 Å². The average molecular weight is 381 g/mol. The Morgan fingerprint density at radius 3 is 2.78 bits per heavy atom. The summed E-state index contributed by atoms with van der Waals surface area (Å²) in [5, 5.41) is 6.87. The summed E-state index contributed by atoms with van der Waals surface area (Å²) < 4.78 is 7.50. The van der Waals surface area contributed by atoms with Crippen LogP contribution in [-0.2, 0) is 12.8 Å². The van der Waals surface area contributed by atoms with E-state index >= 15 is 0 Å². The highest BCUT2D eigenvalue weighted by Crippen LogP contribution is 2.21. The topological polar surface area (TPSA) is 72.1 Å². The van der Waals surface area contributed by atoms with E-state index in [1.54, 1.807) is 24.0 Å². The Balaban J connectivity index is 0.00000242. The molecule has 2 aromatic heterocycles. The van der Waals surface area contributed by atoms with E-state index in [1.807, 2.05) is 30.8 Å². The molecular weight excluding hydrogens is 359 g/mol. The lowest BCUT2D eigenvalue weighted by molar-refractivity contribution is 0.0925. The third-order valence-corrected chi connectivity index (χ3v) is 3.92. The van der Waals surface area contributed by atoms with Crippen molar-refractivity contribution in [2.45, 2.75) is 17.8 Å². The molecule has 0 aromatic carbocycles. The summed E-state index contributed by atoms with van der Waals surface area (Å²) in [6.45, 7) is 4.26. The minimum atomic E-state index is -0.179. The smallest absolute Gasteiger partial charge is 0.287 e. The van der Waals surface area contributed by atoms with Crippen molar-refractivity contribution in [2.24, 2.45) is 7.05 Å². The van der Waals surface area contributed by atoms with Crippen LogP contribution < -0.4 is 10.6 Å².